The molecule has 1 fully saturated rings. The van der Waals surface area contributed by atoms with Crippen LogP contribution in [0.25, 0.3) is 0 Å². The van der Waals surface area contributed by atoms with Gasteiger partial charge in [0, 0.05) is 26.2 Å². The Morgan fingerprint density at radius 3 is 2.69 bits per heavy atom. The first-order valence-corrected chi connectivity index (χ1v) is 4.68. The summed E-state index contributed by atoms with van der Waals surface area (Å²) in [7, 11) is 0. The highest BCUT2D eigenvalue weighted by Crippen LogP contribution is 2.21. The lowest BCUT2D eigenvalue weighted by molar-refractivity contribution is -0.137. The maximum absolute atomic E-state index is 10.3. The van der Waals surface area contributed by atoms with Crippen molar-refractivity contribution in [3.63, 3.8) is 0 Å². The van der Waals surface area contributed by atoms with Gasteiger partial charge >= 0.3 is 5.97 Å². The number of aliphatic hydroxyl groups excluding tert-OH is 1. The summed E-state index contributed by atoms with van der Waals surface area (Å²) in [5.41, 5.74) is 0. The number of carbonyl (C=O) groups is 1. The molecule has 0 unspecified atom stereocenters. The number of hydrogen-bond acceptors (Lipinski definition) is 3. The molecule has 1 saturated heterocycles. The second kappa shape index (κ2) is 4.58. The average Bonchev–Trinajstić information content (AvgIpc) is 2.43. The van der Waals surface area contributed by atoms with Crippen molar-refractivity contribution in [1.82, 2.24) is 4.90 Å². The zero-order valence-electron chi connectivity index (χ0n) is 7.94. The van der Waals surface area contributed by atoms with E-state index in [1.54, 1.807) is 0 Å². The number of carboxylic acids is 1. The molecule has 0 amide bonds. The number of nitrogens with zero attached hydrogens (tertiary/aromatic N) is 1. The van der Waals surface area contributed by atoms with Crippen LogP contribution in [0.1, 0.15) is 13.3 Å². The van der Waals surface area contributed by atoms with Crippen LogP contribution in [-0.4, -0.2) is 47.3 Å². The maximum Gasteiger partial charge on any atom is 0.304 e. The number of carboxylic acid groups (broad SMARTS) is 1. The lowest BCUT2D eigenvalue weighted by Gasteiger charge is -2.13. The van der Waals surface area contributed by atoms with Gasteiger partial charge in [-0.2, -0.15) is 0 Å². The van der Waals surface area contributed by atoms with E-state index in [0.29, 0.717) is 18.4 Å². The van der Waals surface area contributed by atoms with E-state index in [1.165, 1.54) is 0 Å². The lowest BCUT2D eigenvalue weighted by Crippen LogP contribution is -2.24. The number of rotatable bonds is 4. The van der Waals surface area contributed by atoms with Crippen molar-refractivity contribution in [2.24, 2.45) is 11.8 Å². The van der Waals surface area contributed by atoms with Gasteiger partial charge < -0.3 is 15.1 Å². The van der Waals surface area contributed by atoms with E-state index in [1.807, 2.05) is 0 Å². The predicted molar refractivity (Wildman–Crippen MR) is 48.4 cm³/mol. The van der Waals surface area contributed by atoms with Gasteiger partial charge in [0.2, 0.25) is 0 Å². The van der Waals surface area contributed by atoms with Crippen LogP contribution in [0.5, 0.6) is 0 Å². The molecule has 13 heavy (non-hydrogen) atoms. The molecule has 4 nitrogen and oxygen atoms in total. The second-order valence-electron chi connectivity index (χ2n) is 3.82. The summed E-state index contributed by atoms with van der Waals surface area (Å²) >= 11 is 0. The summed E-state index contributed by atoms with van der Waals surface area (Å²) in [4.78, 5) is 12.4. The molecule has 76 valence electrons. The molecule has 0 radical (unpaired) electrons. The fourth-order valence-electron chi connectivity index (χ4n) is 1.82. The minimum Gasteiger partial charge on any atom is -0.481 e. The highest BCUT2D eigenvalue weighted by molar-refractivity contribution is 5.66. The molecule has 4 heteroatoms. The van der Waals surface area contributed by atoms with E-state index < -0.39 is 5.97 Å². The van der Waals surface area contributed by atoms with Gasteiger partial charge in [-0.25, -0.2) is 0 Å². The van der Waals surface area contributed by atoms with Gasteiger partial charge in [0.1, 0.15) is 0 Å². The third-order valence-corrected chi connectivity index (χ3v) is 2.72. The van der Waals surface area contributed by atoms with Crippen LogP contribution in [0.3, 0.4) is 0 Å². The average molecular weight is 187 g/mol. The second-order valence-corrected chi connectivity index (χ2v) is 3.82. The van der Waals surface area contributed by atoms with Crippen molar-refractivity contribution in [2.45, 2.75) is 13.3 Å². The van der Waals surface area contributed by atoms with E-state index in [-0.39, 0.29) is 13.0 Å². The highest BCUT2D eigenvalue weighted by atomic mass is 16.4. The third kappa shape index (κ3) is 2.97. The Hall–Kier alpha value is -0.610. The lowest BCUT2D eigenvalue weighted by atomic mass is 10.00. The zero-order valence-corrected chi connectivity index (χ0v) is 7.94. The number of hydrogen-bond donors (Lipinski definition) is 2. The fraction of sp³-hybridized carbons (Fsp3) is 0.889. The number of likely N-dealkylation sites (tertiary alicyclic amines) is 1. The van der Waals surface area contributed by atoms with Crippen molar-refractivity contribution in [3.05, 3.63) is 0 Å². The van der Waals surface area contributed by atoms with Crippen LogP contribution in [0.2, 0.25) is 0 Å². The molecule has 0 aromatic carbocycles. The van der Waals surface area contributed by atoms with Crippen molar-refractivity contribution in [2.75, 3.05) is 26.2 Å². The number of aliphatic carboxylic acids is 1. The minimum atomic E-state index is -0.750. The van der Waals surface area contributed by atoms with E-state index in [9.17, 15) is 4.79 Å². The summed E-state index contributed by atoms with van der Waals surface area (Å²) in [6.45, 7) is 4.67. The highest BCUT2D eigenvalue weighted by Gasteiger charge is 2.28. The smallest absolute Gasteiger partial charge is 0.304 e. The molecule has 0 aliphatic carbocycles. The Morgan fingerprint density at radius 2 is 2.23 bits per heavy atom. The first-order chi connectivity index (χ1) is 6.13. The Kier molecular flexibility index (Phi) is 3.69. The van der Waals surface area contributed by atoms with Crippen LogP contribution in [-0.2, 0) is 4.79 Å². The molecule has 1 rings (SSSR count). The molecule has 1 aliphatic rings. The Morgan fingerprint density at radius 1 is 1.54 bits per heavy atom. The van der Waals surface area contributed by atoms with Crippen LogP contribution >= 0.6 is 0 Å². The van der Waals surface area contributed by atoms with Crippen molar-refractivity contribution in [3.8, 4) is 0 Å². The van der Waals surface area contributed by atoms with Gasteiger partial charge in [-0.15, -0.1) is 0 Å². The van der Waals surface area contributed by atoms with Crippen molar-refractivity contribution < 1.29 is 15.0 Å². The molecule has 2 N–H and O–H groups in total. The van der Waals surface area contributed by atoms with Gasteiger partial charge in [-0.05, 0) is 11.8 Å². The molecular weight excluding hydrogens is 170 g/mol. The molecular formula is C9H17NO3. The van der Waals surface area contributed by atoms with Gasteiger partial charge in [-0.3, -0.25) is 4.79 Å². The van der Waals surface area contributed by atoms with Crippen LogP contribution in [0.4, 0.5) is 0 Å². The predicted octanol–water partition coefficient (Wildman–Crippen LogP) is 0.0213. The SMILES string of the molecule is C[C@@H]1CN(CCC(=O)O)C[C@@H]1CO. The summed E-state index contributed by atoms with van der Waals surface area (Å²) in [6.07, 6.45) is 0.199. The van der Waals surface area contributed by atoms with Crippen LogP contribution < -0.4 is 0 Å². The summed E-state index contributed by atoms with van der Waals surface area (Å²) in [5, 5.41) is 17.5. The molecule has 0 bridgehead atoms. The van der Waals surface area contributed by atoms with E-state index >= 15 is 0 Å². The largest absolute Gasteiger partial charge is 0.481 e. The standard InChI is InChI=1S/C9H17NO3/c1-7-4-10(3-2-9(12)13)5-8(7)6-11/h7-8,11H,2-6H2,1H3,(H,12,13)/t7-,8-/m1/s1. The van der Waals surface area contributed by atoms with Crippen LogP contribution in [0.15, 0.2) is 0 Å². The third-order valence-electron chi connectivity index (χ3n) is 2.72. The molecule has 0 aromatic heterocycles. The first-order valence-electron chi connectivity index (χ1n) is 4.68. The monoisotopic (exact) mass is 187 g/mol. The van der Waals surface area contributed by atoms with E-state index in [0.717, 1.165) is 13.1 Å². The van der Waals surface area contributed by atoms with Crippen LogP contribution in [0, 0.1) is 11.8 Å². The van der Waals surface area contributed by atoms with Gasteiger partial charge in [-0.1, -0.05) is 6.92 Å². The molecule has 0 spiro atoms. The summed E-state index contributed by atoms with van der Waals surface area (Å²) in [5.74, 6) is 0.0627. The van der Waals surface area contributed by atoms with Crippen molar-refractivity contribution in [1.29, 1.82) is 0 Å². The quantitative estimate of drug-likeness (QED) is 0.651. The fourth-order valence-corrected chi connectivity index (χ4v) is 1.82. The summed E-state index contributed by atoms with van der Waals surface area (Å²) < 4.78 is 0. The molecule has 1 heterocycles. The number of aliphatic hydroxyl groups is 1. The zero-order chi connectivity index (χ0) is 9.84. The maximum atomic E-state index is 10.3. The minimum absolute atomic E-state index is 0.199. The first kappa shape index (κ1) is 10.5. The Labute approximate surface area is 78.2 Å². The summed E-state index contributed by atoms with van der Waals surface area (Å²) in [6, 6.07) is 0. The molecule has 2 atom stereocenters. The Bertz CT molecular complexity index is 184. The normalized spacial score (nSPS) is 29.4. The van der Waals surface area contributed by atoms with E-state index in [2.05, 4.69) is 11.8 Å². The van der Waals surface area contributed by atoms with Crippen molar-refractivity contribution >= 4 is 5.97 Å². The topological polar surface area (TPSA) is 60.8 Å². The molecule has 0 saturated carbocycles. The van der Waals surface area contributed by atoms with E-state index in [4.69, 9.17) is 10.2 Å². The Balaban J connectivity index is 2.27. The molecule has 0 aromatic rings. The van der Waals surface area contributed by atoms with Gasteiger partial charge in [0.15, 0.2) is 0 Å². The van der Waals surface area contributed by atoms with Gasteiger partial charge in [0.05, 0.1) is 6.42 Å². The van der Waals surface area contributed by atoms with Gasteiger partial charge in [0.25, 0.3) is 0 Å². The molecule has 1 aliphatic heterocycles.